The maximum Gasteiger partial charge on any atom is 0.198 e. The molecule has 40 heavy (non-hydrogen) atoms. The highest BCUT2D eigenvalue weighted by molar-refractivity contribution is 6.30. The molecule has 2 fully saturated rings. The van der Waals surface area contributed by atoms with Crippen molar-refractivity contribution < 1.29 is 38.8 Å². The van der Waals surface area contributed by atoms with E-state index in [1.54, 1.807) is 12.1 Å². The molecular weight excluding hydrogens is 516 g/mol. The number of ketones is 3. The molecule has 2 aromatic rings. The highest BCUT2D eigenvalue weighted by Crippen LogP contribution is 2.51. The van der Waals surface area contributed by atoms with Crippen LogP contribution in [0.15, 0.2) is 24.3 Å². The van der Waals surface area contributed by atoms with Gasteiger partial charge in [-0.05, 0) is 26.2 Å². The zero-order chi connectivity index (χ0) is 28.1. The van der Waals surface area contributed by atoms with E-state index in [2.05, 4.69) is 4.90 Å². The van der Waals surface area contributed by atoms with Crippen LogP contribution in [0.3, 0.4) is 0 Å². The second-order valence-corrected chi connectivity index (χ2v) is 11.1. The number of fused-ring (bicyclic) bond motifs is 3. The van der Waals surface area contributed by atoms with Crippen molar-refractivity contribution in [2.24, 2.45) is 11.7 Å². The Morgan fingerprint density at radius 2 is 1.68 bits per heavy atom. The van der Waals surface area contributed by atoms with E-state index in [0.717, 1.165) is 19.5 Å². The van der Waals surface area contributed by atoms with Crippen molar-refractivity contribution in [1.82, 2.24) is 4.90 Å². The first-order chi connectivity index (χ1) is 19.3. The molecule has 212 valence electrons. The van der Waals surface area contributed by atoms with Crippen LogP contribution in [0.2, 0.25) is 0 Å². The minimum atomic E-state index is -0.860. The van der Waals surface area contributed by atoms with Crippen LogP contribution in [0.4, 0.5) is 0 Å². The van der Waals surface area contributed by atoms with E-state index in [1.807, 2.05) is 6.92 Å². The molecule has 0 radical (unpaired) electrons. The number of rotatable bonds is 5. The fourth-order valence-corrected chi connectivity index (χ4v) is 6.76. The Labute approximate surface area is 232 Å². The van der Waals surface area contributed by atoms with Gasteiger partial charge in [-0.3, -0.25) is 19.3 Å². The number of carbonyl (C=O) groups is 3. The Bertz CT molecular complexity index is 1370. The second kappa shape index (κ2) is 10.7. The molecule has 0 bridgehead atoms. The van der Waals surface area contributed by atoms with Gasteiger partial charge in [0, 0.05) is 53.7 Å². The van der Waals surface area contributed by atoms with E-state index >= 15 is 0 Å². The summed E-state index contributed by atoms with van der Waals surface area (Å²) >= 11 is 0. The first-order valence-electron chi connectivity index (χ1n) is 13.9. The molecule has 0 spiro atoms. The van der Waals surface area contributed by atoms with Gasteiger partial charge in [0.2, 0.25) is 0 Å². The van der Waals surface area contributed by atoms with Crippen molar-refractivity contribution >= 4 is 17.3 Å². The zero-order valence-electron chi connectivity index (χ0n) is 22.4. The minimum absolute atomic E-state index is 0.0688. The van der Waals surface area contributed by atoms with Gasteiger partial charge in [0.15, 0.2) is 17.9 Å². The fraction of sp³-hybridized carbons (Fsp3) is 0.500. The number of aromatic hydroxyl groups is 2. The third-order valence-corrected chi connectivity index (χ3v) is 8.72. The van der Waals surface area contributed by atoms with Crippen LogP contribution < -0.4 is 5.73 Å². The molecule has 2 saturated heterocycles. The molecule has 2 aliphatic heterocycles. The Balaban J connectivity index is 1.40. The van der Waals surface area contributed by atoms with Crippen LogP contribution in [0.5, 0.6) is 11.5 Å². The molecule has 0 unspecified atom stereocenters. The molecule has 4 N–H and O–H groups in total. The number of phenolic OH excluding ortho intramolecular Hbond substituents is 2. The number of carbonyl (C=O) groups excluding carboxylic acids is 3. The molecule has 2 heterocycles. The SMILES string of the molecule is C[C@H]1C[C@@H](N2CCOCC2)C[C@H](O[C@H]2C[C@@H](C(=O)CN)Cc3c(O)c4c(c(O)c32)C(=O)c2ccccc2C4=O)O1. The third kappa shape index (κ3) is 4.53. The Morgan fingerprint density at radius 3 is 2.33 bits per heavy atom. The summed E-state index contributed by atoms with van der Waals surface area (Å²) in [4.78, 5) is 42.1. The van der Waals surface area contributed by atoms with Gasteiger partial charge < -0.3 is 30.2 Å². The number of Topliss-reactive ketones (excluding diaryl/α,β-unsaturated/α-hetero) is 1. The largest absolute Gasteiger partial charge is 0.507 e. The second-order valence-electron chi connectivity index (χ2n) is 11.1. The summed E-state index contributed by atoms with van der Waals surface area (Å²) in [5, 5.41) is 23.0. The van der Waals surface area contributed by atoms with E-state index < -0.39 is 41.4 Å². The van der Waals surface area contributed by atoms with E-state index in [-0.39, 0.29) is 70.7 Å². The highest BCUT2D eigenvalue weighted by Gasteiger charge is 2.44. The van der Waals surface area contributed by atoms with Crippen LogP contribution in [0.25, 0.3) is 0 Å². The van der Waals surface area contributed by atoms with E-state index in [4.69, 9.17) is 19.9 Å². The summed E-state index contributed by atoms with van der Waals surface area (Å²) in [7, 11) is 0. The monoisotopic (exact) mass is 550 g/mol. The lowest BCUT2D eigenvalue weighted by molar-refractivity contribution is -0.230. The van der Waals surface area contributed by atoms with Crippen molar-refractivity contribution in [1.29, 1.82) is 0 Å². The van der Waals surface area contributed by atoms with Crippen molar-refractivity contribution in [3.63, 3.8) is 0 Å². The molecule has 2 aromatic carbocycles. The molecule has 6 rings (SSSR count). The van der Waals surface area contributed by atoms with Crippen molar-refractivity contribution in [2.75, 3.05) is 32.8 Å². The highest BCUT2D eigenvalue weighted by atomic mass is 16.7. The molecule has 10 heteroatoms. The predicted molar refractivity (Wildman–Crippen MR) is 143 cm³/mol. The topological polar surface area (TPSA) is 149 Å². The lowest BCUT2D eigenvalue weighted by atomic mass is 9.74. The molecular formula is C30H34N2O8. The summed E-state index contributed by atoms with van der Waals surface area (Å²) in [5.74, 6) is -2.70. The summed E-state index contributed by atoms with van der Waals surface area (Å²) in [6, 6.07) is 6.55. The molecule has 2 aliphatic carbocycles. The Hall–Kier alpha value is -3.15. The van der Waals surface area contributed by atoms with Crippen LogP contribution in [-0.4, -0.2) is 83.7 Å². The lowest BCUT2D eigenvalue weighted by Gasteiger charge is -2.43. The van der Waals surface area contributed by atoms with Gasteiger partial charge in [-0.2, -0.15) is 0 Å². The third-order valence-electron chi connectivity index (χ3n) is 8.72. The van der Waals surface area contributed by atoms with E-state index in [1.165, 1.54) is 12.1 Å². The van der Waals surface area contributed by atoms with Crippen LogP contribution in [0.1, 0.15) is 75.3 Å². The first-order valence-corrected chi connectivity index (χ1v) is 13.9. The maximum absolute atomic E-state index is 13.5. The summed E-state index contributed by atoms with van der Waals surface area (Å²) in [6.45, 7) is 4.78. The lowest BCUT2D eigenvalue weighted by Crippen LogP contribution is -2.50. The van der Waals surface area contributed by atoms with Gasteiger partial charge >= 0.3 is 0 Å². The van der Waals surface area contributed by atoms with Gasteiger partial charge in [-0.15, -0.1) is 0 Å². The Kier molecular flexibility index (Phi) is 7.22. The normalized spacial score (nSPS) is 28.5. The van der Waals surface area contributed by atoms with Gasteiger partial charge in [0.25, 0.3) is 0 Å². The quantitative estimate of drug-likeness (QED) is 0.404. The Morgan fingerprint density at radius 1 is 1.02 bits per heavy atom. The summed E-state index contributed by atoms with van der Waals surface area (Å²) in [5.41, 5.74) is 6.00. The molecule has 0 amide bonds. The standard InChI is InChI=1S/C30H34N2O8/c1-15-10-17(32-6-8-38-9-7-32)13-23(39-15)40-22-12-16(21(33)14-31)11-20-24(22)30(37)26-25(29(20)36)27(34)18-4-2-3-5-19(18)28(26)35/h2-5,15-17,22-23,36-37H,6-14,31H2,1H3/t15-,16-,17+,22-,23-/m0/s1. The van der Waals surface area contributed by atoms with Gasteiger partial charge in [-0.25, -0.2) is 0 Å². The van der Waals surface area contributed by atoms with E-state index in [0.29, 0.717) is 19.6 Å². The first kappa shape index (κ1) is 27.0. The summed E-state index contributed by atoms with van der Waals surface area (Å²) < 4.78 is 18.2. The fourth-order valence-electron chi connectivity index (χ4n) is 6.76. The van der Waals surface area contributed by atoms with Crippen LogP contribution in [-0.2, 0) is 25.4 Å². The number of ether oxygens (including phenoxy) is 3. The number of benzene rings is 2. The number of phenols is 2. The predicted octanol–water partition coefficient (Wildman–Crippen LogP) is 2.25. The molecule has 4 aliphatic rings. The number of hydrogen-bond donors (Lipinski definition) is 3. The van der Waals surface area contributed by atoms with E-state index in [9.17, 15) is 24.6 Å². The zero-order valence-corrected chi connectivity index (χ0v) is 22.4. The molecule has 0 aromatic heterocycles. The van der Waals surface area contributed by atoms with Crippen molar-refractivity contribution in [2.45, 2.75) is 57.1 Å². The van der Waals surface area contributed by atoms with Gasteiger partial charge in [-0.1, -0.05) is 24.3 Å². The van der Waals surface area contributed by atoms with Gasteiger partial charge in [0.1, 0.15) is 17.3 Å². The molecule has 5 atom stereocenters. The maximum atomic E-state index is 13.5. The minimum Gasteiger partial charge on any atom is -0.507 e. The van der Waals surface area contributed by atoms with Crippen molar-refractivity contribution in [3.05, 3.63) is 57.6 Å². The average molecular weight is 551 g/mol. The number of morpholine rings is 1. The number of nitrogens with two attached hydrogens (primary N) is 1. The smallest absolute Gasteiger partial charge is 0.198 e. The van der Waals surface area contributed by atoms with Crippen LogP contribution in [0, 0.1) is 5.92 Å². The number of nitrogens with zero attached hydrogens (tertiary/aromatic N) is 1. The van der Waals surface area contributed by atoms with Gasteiger partial charge in [0.05, 0.1) is 43.1 Å². The summed E-state index contributed by atoms with van der Waals surface area (Å²) in [6.07, 6.45) is 0.0953. The average Bonchev–Trinajstić information content (AvgIpc) is 2.97. The van der Waals surface area contributed by atoms with Crippen LogP contribution >= 0.6 is 0 Å². The molecule has 10 nitrogen and oxygen atoms in total. The molecule has 0 saturated carbocycles. The van der Waals surface area contributed by atoms with Crippen molar-refractivity contribution in [3.8, 4) is 11.5 Å². The number of hydrogen-bond acceptors (Lipinski definition) is 10.